The number of urea groups is 1. The van der Waals surface area contributed by atoms with Gasteiger partial charge in [0.15, 0.2) is 5.60 Å². The van der Waals surface area contributed by atoms with Gasteiger partial charge in [-0.05, 0) is 33.4 Å². The summed E-state index contributed by atoms with van der Waals surface area (Å²) in [5.74, 6) is -1.36. The summed E-state index contributed by atoms with van der Waals surface area (Å²) in [7, 11) is 3.69. The molecular formula is C12H23N3O4. The molecule has 0 spiro atoms. The number of carboxylic acid groups (broad SMARTS) is 1. The highest BCUT2D eigenvalue weighted by Gasteiger charge is 2.31. The van der Waals surface area contributed by atoms with Crippen LogP contribution in [0.4, 0.5) is 4.79 Å². The highest BCUT2D eigenvalue weighted by atomic mass is 16.4. The molecule has 1 heterocycles. The number of aliphatic hydroxyl groups is 1. The number of likely N-dealkylation sites (N-methyl/N-ethyl adjacent to an activating group) is 2. The van der Waals surface area contributed by atoms with Gasteiger partial charge in [0.25, 0.3) is 0 Å². The van der Waals surface area contributed by atoms with Gasteiger partial charge in [0.2, 0.25) is 0 Å². The molecule has 1 saturated heterocycles. The van der Waals surface area contributed by atoms with Gasteiger partial charge in [-0.15, -0.1) is 0 Å². The van der Waals surface area contributed by atoms with E-state index in [1.54, 1.807) is 7.05 Å². The third-order valence-corrected chi connectivity index (χ3v) is 3.55. The maximum atomic E-state index is 11.8. The van der Waals surface area contributed by atoms with Crippen LogP contribution in [0.1, 0.15) is 19.8 Å². The Morgan fingerprint density at radius 1 is 1.53 bits per heavy atom. The first-order valence-electron chi connectivity index (χ1n) is 6.39. The summed E-state index contributed by atoms with van der Waals surface area (Å²) < 4.78 is 0. The number of hydrogen-bond acceptors (Lipinski definition) is 4. The molecule has 7 nitrogen and oxygen atoms in total. The monoisotopic (exact) mass is 273 g/mol. The Balaban J connectivity index is 2.38. The maximum absolute atomic E-state index is 11.8. The van der Waals surface area contributed by atoms with E-state index in [0.29, 0.717) is 12.6 Å². The molecule has 19 heavy (non-hydrogen) atoms. The highest BCUT2D eigenvalue weighted by Crippen LogP contribution is 2.15. The fraction of sp³-hybridized carbons (Fsp3) is 0.833. The molecular weight excluding hydrogens is 250 g/mol. The zero-order valence-corrected chi connectivity index (χ0v) is 11.7. The fourth-order valence-corrected chi connectivity index (χ4v) is 2.07. The van der Waals surface area contributed by atoms with Crippen molar-refractivity contribution in [2.24, 2.45) is 0 Å². The van der Waals surface area contributed by atoms with Gasteiger partial charge in [0.1, 0.15) is 0 Å². The van der Waals surface area contributed by atoms with E-state index in [1.807, 2.05) is 7.05 Å². The number of rotatable bonds is 5. The van der Waals surface area contributed by atoms with Gasteiger partial charge >= 0.3 is 12.0 Å². The first kappa shape index (κ1) is 15.7. The molecule has 2 amide bonds. The van der Waals surface area contributed by atoms with Crippen LogP contribution in [0.5, 0.6) is 0 Å². The van der Waals surface area contributed by atoms with Crippen LogP contribution in [0.15, 0.2) is 0 Å². The number of nitrogens with zero attached hydrogens (tertiary/aromatic N) is 2. The second-order valence-corrected chi connectivity index (χ2v) is 5.39. The van der Waals surface area contributed by atoms with Crippen LogP contribution in [0.2, 0.25) is 0 Å². The Kier molecular flexibility index (Phi) is 5.13. The van der Waals surface area contributed by atoms with Crippen molar-refractivity contribution in [1.82, 2.24) is 15.1 Å². The fourth-order valence-electron chi connectivity index (χ4n) is 2.07. The molecule has 1 rings (SSSR count). The molecule has 1 aliphatic rings. The van der Waals surface area contributed by atoms with E-state index in [1.165, 1.54) is 4.90 Å². The Morgan fingerprint density at radius 2 is 2.16 bits per heavy atom. The van der Waals surface area contributed by atoms with Crippen molar-refractivity contribution in [3.05, 3.63) is 0 Å². The van der Waals surface area contributed by atoms with E-state index in [0.717, 1.165) is 26.3 Å². The molecule has 0 aromatic rings. The van der Waals surface area contributed by atoms with E-state index in [4.69, 9.17) is 5.11 Å². The zero-order chi connectivity index (χ0) is 14.6. The summed E-state index contributed by atoms with van der Waals surface area (Å²) in [6.45, 7) is 2.47. The molecule has 110 valence electrons. The van der Waals surface area contributed by atoms with Gasteiger partial charge in [-0.2, -0.15) is 0 Å². The summed E-state index contributed by atoms with van der Waals surface area (Å²) in [6.07, 6.45) is 2.19. The van der Waals surface area contributed by atoms with Crippen molar-refractivity contribution in [3.8, 4) is 0 Å². The van der Waals surface area contributed by atoms with Crippen molar-refractivity contribution >= 4 is 12.0 Å². The van der Waals surface area contributed by atoms with Crippen molar-refractivity contribution in [3.63, 3.8) is 0 Å². The van der Waals surface area contributed by atoms with Crippen molar-refractivity contribution in [2.45, 2.75) is 31.4 Å². The molecule has 1 aliphatic heterocycles. The number of hydrogen-bond donors (Lipinski definition) is 3. The summed E-state index contributed by atoms with van der Waals surface area (Å²) in [5, 5.41) is 20.7. The highest BCUT2D eigenvalue weighted by molar-refractivity contribution is 5.79. The standard InChI is InChI=1S/C12H23N3O4/c1-12(19,10(16)17)8-13-11(18)15(3)7-9-5-4-6-14(9)2/h9,19H,4-8H2,1-3H3,(H,13,18)(H,16,17). The van der Waals surface area contributed by atoms with Crippen molar-refractivity contribution in [1.29, 1.82) is 0 Å². The lowest BCUT2D eigenvalue weighted by molar-refractivity contribution is -0.155. The van der Waals surface area contributed by atoms with Crippen LogP contribution in [0.3, 0.4) is 0 Å². The van der Waals surface area contributed by atoms with Gasteiger partial charge in [-0.3, -0.25) is 0 Å². The predicted molar refractivity (Wildman–Crippen MR) is 69.9 cm³/mol. The van der Waals surface area contributed by atoms with E-state index < -0.39 is 11.6 Å². The molecule has 0 radical (unpaired) electrons. The molecule has 0 aromatic heterocycles. The largest absolute Gasteiger partial charge is 0.479 e. The lowest BCUT2D eigenvalue weighted by Crippen LogP contribution is -2.51. The Labute approximate surface area is 113 Å². The number of aliphatic carboxylic acids is 1. The molecule has 0 aromatic carbocycles. The number of likely N-dealkylation sites (tertiary alicyclic amines) is 1. The molecule has 7 heteroatoms. The van der Waals surface area contributed by atoms with Crippen LogP contribution >= 0.6 is 0 Å². The van der Waals surface area contributed by atoms with E-state index >= 15 is 0 Å². The smallest absolute Gasteiger partial charge is 0.337 e. The summed E-state index contributed by atoms with van der Waals surface area (Å²) in [4.78, 5) is 26.2. The molecule has 0 saturated carbocycles. The molecule has 3 N–H and O–H groups in total. The van der Waals surface area contributed by atoms with Gasteiger partial charge < -0.3 is 25.3 Å². The SMILES string of the molecule is CN(CC1CCCN1C)C(=O)NCC(C)(O)C(=O)O. The second kappa shape index (κ2) is 6.21. The van der Waals surface area contributed by atoms with Crippen LogP contribution in [-0.2, 0) is 4.79 Å². The molecule has 2 atom stereocenters. The first-order chi connectivity index (χ1) is 8.74. The topological polar surface area (TPSA) is 93.1 Å². The van der Waals surface area contributed by atoms with Gasteiger partial charge in [0, 0.05) is 19.6 Å². The molecule has 0 bridgehead atoms. The quantitative estimate of drug-likeness (QED) is 0.631. The van der Waals surface area contributed by atoms with Crippen LogP contribution in [0.25, 0.3) is 0 Å². The van der Waals surface area contributed by atoms with E-state index in [-0.39, 0.29) is 12.6 Å². The van der Waals surface area contributed by atoms with Crippen LogP contribution in [-0.4, -0.2) is 77.4 Å². The number of amides is 2. The number of carbonyl (C=O) groups excluding carboxylic acids is 1. The minimum absolute atomic E-state index is 0.313. The Hall–Kier alpha value is -1.34. The lowest BCUT2D eigenvalue weighted by atomic mass is 10.1. The lowest BCUT2D eigenvalue weighted by Gasteiger charge is -2.27. The minimum Gasteiger partial charge on any atom is -0.479 e. The average Bonchev–Trinajstić information content (AvgIpc) is 2.71. The number of carboxylic acids is 1. The second-order valence-electron chi connectivity index (χ2n) is 5.39. The Bertz CT molecular complexity index is 346. The number of carbonyl (C=O) groups is 2. The third-order valence-electron chi connectivity index (χ3n) is 3.55. The van der Waals surface area contributed by atoms with Crippen LogP contribution in [0, 0.1) is 0 Å². The number of nitrogens with one attached hydrogen (secondary N) is 1. The summed E-state index contributed by atoms with van der Waals surface area (Å²) in [6, 6.07) is -0.0300. The van der Waals surface area contributed by atoms with Crippen molar-refractivity contribution < 1.29 is 19.8 Å². The van der Waals surface area contributed by atoms with E-state index in [2.05, 4.69) is 10.2 Å². The predicted octanol–water partition coefficient (Wildman–Crippen LogP) is -0.442. The normalized spacial score (nSPS) is 22.8. The third kappa shape index (κ3) is 4.36. The van der Waals surface area contributed by atoms with Crippen molar-refractivity contribution in [2.75, 3.05) is 33.7 Å². The zero-order valence-electron chi connectivity index (χ0n) is 11.7. The first-order valence-corrected chi connectivity index (χ1v) is 6.39. The van der Waals surface area contributed by atoms with Gasteiger partial charge in [-0.25, -0.2) is 9.59 Å². The summed E-state index contributed by atoms with van der Waals surface area (Å²) in [5.41, 5.74) is -1.94. The minimum atomic E-state index is -1.94. The maximum Gasteiger partial charge on any atom is 0.337 e. The molecule has 2 unspecified atom stereocenters. The average molecular weight is 273 g/mol. The molecule has 1 fully saturated rings. The Morgan fingerprint density at radius 3 is 2.63 bits per heavy atom. The summed E-state index contributed by atoms with van der Waals surface area (Å²) >= 11 is 0. The molecule has 0 aliphatic carbocycles. The van der Waals surface area contributed by atoms with Crippen LogP contribution < -0.4 is 5.32 Å². The van der Waals surface area contributed by atoms with E-state index in [9.17, 15) is 14.7 Å². The van der Waals surface area contributed by atoms with Gasteiger partial charge in [0.05, 0.1) is 6.54 Å². The van der Waals surface area contributed by atoms with Gasteiger partial charge in [-0.1, -0.05) is 0 Å².